The van der Waals surface area contributed by atoms with Gasteiger partial charge >= 0.3 is 0 Å². The lowest BCUT2D eigenvalue weighted by Gasteiger charge is -2.23. The third kappa shape index (κ3) is 4.84. The number of hydrogen-bond donors (Lipinski definition) is 3. The summed E-state index contributed by atoms with van der Waals surface area (Å²) in [6.45, 7) is 13.5. The number of hydrogen-bond acceptors (Lipinski definition) is 5. The lowest BCUT2D eigenvalue weighted by molar-refractivity contribution is 0.278. The predicted octanol–water partition coefficient (Wildman–Crippen LogP) is 3.09. The molecule has 5 heteroatoms. The smallest absolute Gasteiger partial charge is 0.138 e. The minimum Gasteiger partial charge on any atom is -0.396 e. The van der Waals surface area contributed by atoms with E-state index in [9.17, 15) is 0 Å². The van der Waals surface area contributed by atoms with Gasteiger partial charge in [0.25, 0.3) is 0 Å². The molecule has 3 N–H and O–H groups in total. The highest BCUT2D eigenvalue weighted by Crippen LogP contribution is 2.27. The molecule has 0 aliphatic rings. The van der Waals surface area contributed by atoms with Crippen molar-refractivity contribution in [3.05, 3.63) is 11.4 Å². The minimum atomic E-state index is -0.104. The van der Waals surface area contributed by atoms with Crippen LogP contribution in [0.4, 0.5) is 11.6 Å². The number of aliphatic hydroxyl groups excluding tert-OH is 1. The molecule has 0 aliphatic heterocycles. The lowest BCUT2D eigenvalue weighted by Crippen LogP contribution is -2.24. The van der Waals surface area contributed by atoms with E-state index in [0.29, 0.717) is 0 Å². The zero-order chi connectivity index (χ0) is 16.0. The fraction of sp³-hybridized carbons (Fsp3) is 0.750. The van der Waals surface area contributed by atoms with Gasteiger partial charge in [0.05, 0.1) is 0 Å². The Hall–Kier alpha value is -1.36. The first-order valence-corrected chi connectivity index (χ1v) is 7.83. The van der Waals surface area contributed by atoms with E-state index in [1.54, 1.807) is 0 Å². The van der Waals surface area contributed by atoms with Gasteiger partial charge in [0.2, 0.25) is 0 Å². The van der Waals surface area contributed by atoms with Crippen molar-refractivity contribution in [2.45, 2.75) is 65.8 Å². The molecule has 0 aliphatic carbocycles. The maximum absolute atomic E-state index is 9.15. The molecule has 0 spiro atoms. The van der Waals surface area contributed by atoms with E-state index >= 15 is 0 Å². The Morgan fingerprint density at radius 2 is 1.76 bits per heavy atom. The molecule has 0 bridgehead atoms. The van der Waals surface area contributed by atoms with Crippen LogP contribution >= 0.6 is 0 Å². The first-order chi connectivity index (χ1) is 9.83. The fourth-order valence-corrected chi connectivity index (χ4v) is 2.06. The number of anilines is 2. The maximum Gasteiger partial charge on any atom is 0.138 e. The summed E-state index contributed by atoms with van der Waals surface area (Å²) in [6, 6.07) is 0.228. The normalized spacial score (nSPS) is 13.1. The number of nitrogens with one attached hydrogen (secondary N) is 2. The highest BCUT2D eigenvalue weighted by atomic mass is 16.3. The van der Waals surface area contributed by atoms with Crippen LogP contribution in [0.1, 0.15) is 58.8 Å². The summed E-state index contributed by atoms with van der Waals surface area (Å²) in [5.74, 6) is 2.58. The van der Waals surface area contributed by atoms with Gasteiger partial charge in [0.1, 0.15) is 17.5 Å². The molecule has 0 amide bonds. The van der Waals surface area contributed by atoms with Crippen molar-refractivity contribution in [3.8, 4) is 0 Å². The molecule has 0 radical (unpaired) electrons. The van der Waals surface area contributed by atoms with Gasteiger partial charge in [0.15, 0.2) is 0 Å². The number of aromatic nitrogens is 2. The standard InChI is InChI=1S/C16H30N4O/c1-7-12(9-10-21)18-14-11(3)13(17-8-2)19-15(20-14)16(4,5)6/h12,21H,7-10H2,1-6H3,(H2,17,18,19,20). The van der Waals surface area contributed by atoms with Crippen LogP contribution in [0.2, 0.25) is 0 Å². The minimum absolute atomic E-state index is 0.104. The number of nitrogens with zero attached hydrogens (tertiary/aromatic N) is 2. The molecule has 1 heterocycles. The van der Waals surface area contributed by atoms with Crippen molar-refractivity contribution in [2.75, 3.05) is 23.8 Å². The third-order valence-corrected chi connectivity index (χ3v) is 3.47. The Bertz CT molecular complexity index is 454. The highest BCUT2D eigenvalue weighted by molar-refractivity contribution is 5.58. The topological polar surface area (TPSA) is 70.1 Å². The molecule has 1 aromatic rings. The Morgan fingerprint density at radius 3 is 2.24 bits per heavy atom. The second kappa shape index (κ2) is 7.59. The molecule has 1 unspecified atom stereocenters. The highest BCUT2D eigenvalue weighted by Gasteiger charge is 2.21. The van der Waals surface area contributed by atoms with Crippen LogP contribution in [-0.4, -0.2) is 34.3 Å². The van der Waals surface area contributed by atoms with Crippen LogP contribution in [0.5, 0.6) is 0 Å². The molecular weight excluding hydrogens is 264 g/mol. The van der Waals surface area contributed by atoms with E-state index in [1.807, 2.05) is 6.92 Å². The molecular formula is C16H30N4O. The van der Waals surface area contributed by atoms with E-state index in [1.165, 1.54) is 0 Å². The quantitative estimate of drug-likeness (QED) is 0.721. The van der Waals surface area contributed by atoms with E-state index in [2.05, 4.69) is 50.2 Å². The van der Waals surface area contributed by atoms with E-state index in [0.717, 1.165) is 42.4 Å². The molecule has 1 atom stereocenters. The van der Waals surface area contributed by atoms with Gasteiger partial charge in [-0.15, -0.1) is 0 Å². The Kier molecular flexibility index (Phi) is 6.40. The SMILES string of the molecule is CCNc1nc(C(C)(C)C)nc(NC(CC)CCO)c1C. The molecule has 120 valence electrons. The molecule has 5 nitrogen and oxygen atoms in total. The van der Waals surface area contributed by atoms with Gasteiger partial charge in [-0.05, 0) is 26.7 Å². The summed E-state index contributed by atoms with van der Waals surface area (Å²) >= 11 is 0. The van der Waals surface area contributed by atoms with Crippen molar-refractivity contribution >= 4 is 11.6 Å². The Balaban J connectivity index is 3.19. The molecule has 0 fully saturated rings. The summed E-state index contributed by atoms with van der Waals surface area (Å²) in [7, 11) is 0. The van der Waals surface area contributed by atoms with E-state index in [4.69, 9.17) is 10.1 Å². The predicted molar refractivity (Wildman–Crippen MR) is 89.0 cm³/mol. The van der Waals surface area contributed by atoms with Crippen molar-refractivity contribution in [1.82, 2.24) is 9.97 Å². The van der Waals surface area contributed by atoms with E-state index in [-0.39, 0.29) is 18.1 Å². The summed E-state index contributed by atoms with van der Waals surface area (Å²) in [5.41, 5.74) is 0.925. The van der Waals surface area contributed by atoms with Crippen LogP contribution in [0.15, 0.2) is 0 Å². The average molecular weight is 294 g/mol. The summed E-state index contributed by atoms with van der Waals surface area (Å²) < 4.78 is 0. The van der Waals surface area contributed by atoms with Crippen LogP contribution in [-0.2, 0) is 5.41 Å². The fourth-order valence-electron chi connectivity index (χ4n) is 2.06. The number of aliphatic hydroxyl groups is 1. The Morgan fingerprint density at radius 1 is 1.14 bits per heavy atom. The summed E-state index contributed by atoms with van der Waals surface area (Å²) in [4.78, 5) is 9.37. The van der Waals surface area contributed by atoms with Crippen LogP contribution in [0.25, 0.3) is 0 Å². The van der Waals surface area contributed by atoms with Crippen LogP contribution < -0.4 is 10.6 Å². The van der Waals surface area contributed by atoms with E-state index < -0.39 is 0 Å². The van der Waals surface area contributed by atoms with Crippen molar-refractivity contribution in [3.63, 3.8) is 0 Å². The largest absolute Gasteiger partial charge is 0.396 e. The number of rotatable bonds is 7. The third-order valence-electron chi connectivity index (χ3n) is 3.47. The summed E-state index contributed by atoms with van der Waals surface area (Å²) in [5, 5.41) is 15.9. The van der Waals surface area contributed by atoms with Gasteiger partial charge < -0.3 is 15.7 Å². The van der Waals surface area contributed by atoms with Crippen molar-refractivity contribution < 1.29 is 5.11 Å². The molecule has 0 saturated carbocycles. The first kappa shape index (κ1) is 17.7. The molecule has 1 aromatic heterocycles. The average Bonchev–Trinajstić information content (AvgIpc) is 2.41. The molecule has 1 rings (SSSR count). The van der Waals surface area contributed by atoms with Gasteiger partial charge in [-0.3, -0.25) is 0 Å². The zero-order valence-electron chi connectivity index (χ0n) is 14.2. The summed E-state index contributed by atoms with van der Waals surface area (Å²) in [6.07, 6.45) is 1.67. The van der Waals surface area contributed by atoms with Crippen LogP contribution in [0, 0.1) is 6.92 Å². The first-order valence-electron chi connectivity index (χ1n) is 7.83. The molecule has 21 heavy (non-hydrogen) atoms. The van der Waals surface area contributed by atoms with Crippen molar-refractivity contribution in [2.24, 2.45) is 0 Å². The Labute approximate surface area is 128 Å². The van der Waals surface area contributed by atoms with Gasteiger partial charge in [-0.1, -0.05) is 27.7 Å². The second-order valence-electron chi connectivity index (χ2n) is 6.41. The molecule has 0 aromatic carbocycles. The van der Waals surface area contributed by atoms with Gasteiger partial charge in [-0.2, -0.15) is 0 Å². The van der Waals surface area contributed by atoms with Crippen LogP contribution in [0.3, 0.4) is 0 Å². The second-order valence-corrected chi connectivity index (χ2v) is 6.41. The monoisotopic (exact) mass is 294 g/mol. The lowest BCUT2D eigenvalue weighted by atomic mass is 9.95. The zero-order valence-corrected chi connectivity index (χ0v) is 14.2. The maximum atomic E-state index is 9.15. The van der Waals surface area contributed by atoms with Gasteiger partial charge in [0, 0.05) is 30.2 Å². The van der Waals surface area contributed by atoms with Gasteiger partial charge in [-0.25, -0.2) is 9.97 Å². The molecule has 0 saturated heterocycles. The van der Waals surface area contributed by atoms with Crippen molar-refractivity contribution in [1.29, 1.82) is 0 Å².